The van der Waals surface area contributed by atoms with E-state index in [1.165, 1.54) is 0 Å². The number of hydrogen-bond acceptors (Lipinski definition) is 7. The minimum absolute atomic E-state index is 0.122. The van der Waals surface area contributed by atoms with Gasteiger partial charge in [0.2, 0.25) is 17.7 Å². The molecule has 7 amide bonds. The van der Waals surface area contributed by atoms with Crippen LogP contribution in [0.2, 0.25) is 0 Å². The number of imide groups is 3. The predicted molar refractivity (Wildman–Crippen MR) is 168 cm³/mol. The molecule has 2 aromatic carbocycles. The Labute approximate surface area is 267 Å². The summed E-state index contributed by atoms with van der Waals surface area (Å²) in [5, 5.41) is 4.83. The van der Waals surface area contributed by atoms with Crippen molar-refractivity contribution < 1.29 is 33.6 Å². The second-order valence-electron chi connectivity index (χ2n) is 14.1. The highest BCUT2D eigenvalue weighted by atomic mass is 16.2. The van der Waals surface area contributed by atoms with Crippen molar-refractivity contribution in [2.45, 2.75) is 90.1 Å². The van der Waals surface area contributed by atoms with Crippen molar-refractivity contribution in [3.63, 3.8) is 0 Å². The molecule has 240 valence electrons. The van der Waals surface area contributed by atoms with Crippen LogP contribution >= 0.6 is 0 Å². The maximum absolute atomic E-state index is 12.9. The van der Waals surface area contributed by atoms with E-state index in [0.717, 1.165) is 20.9 Å². The molecule has 0 radical (unpaired) electrons. The van der Waals surface area contributed by atoms with Gasteiger partial charge in [-0.2, -0.15) is 0 Å². The smallest absolute Gasteiger partial charge is 0.262 e. The molecule has 0 aliphatic carbocycles. The van der Waals surface area contributed by atoms with E-state index in [2.05, 4.69) is 17.2 Å². The molecule has 2 unspecified atom stereocenters. The van der Waals surface area contributed by atoms with Crippen molar-refractivity contribution in [3.8, 4) is 0 Å². The van der Waals surface area contributed by atoms with Gasteiger partial charge in [-0.05, 0) is 59.4 Å². The number of amides is 7. The minimum Gasteiger partial charge on any atom is -0.329 e. The summed E-state index contributed by atoms with van der Waals surface area (Å²) < 4.78 is 0. The van der Waals surface area contributed by atoms with Crippen LogP contribution in [0, 0.1) is 0 Å². The molecule has 4 aliphatic rings. The van der Waals surface area contributed by atoms with Crippen LogP contribution in [0.25, 0.3) is 0 Å². The van der Waals surface area contributed by atoms with E-state index in [9.17, 15) is 33.6 Å². The molecule has 4 aliphatic heterocycles. The highest BCUT2D eigenvalue weighted by Gasteiger charge is 2.46. The summed E-state index contributed by atoms with van der Waals surface area (Å²) in [4.78, 5) is 88.3. The fourth-order valence-electron chi connectivity index (χ4n) is 6.16. The van der Waals surface area contributed by atoms with E-state index >= 15 is 0 Å². The molecule has 0 spiro atoms. The molecule has 11 heteroatoms. The molecule has 2 aromatic rings. The summed E-state index contributed by atoms with van der Waals surface area (Å²) in [6.45, 7) is 15.8. The number of piperidine rings is 2. The summed E-state index contributed by atoms with van der Waals surface area (Å²) in [5.41, 5.74) is 3.44. The number of nitrogens with zero attached hydrogens (tertiary/aromatic N) is 2. The quantitative estimate of drug-likeness (QED) is 0.482. The largest absolute Gasteiger partial charge is 0.329 e. The second kappa shape index (κ2) is 11.5. The molecule has 11 nitrogen and oxygen atoms in total. The summed E-state index contributed by atoms with van der Waals surface area (Å²) in [6, 6.07) is 8.83. The molecule has 2 saturated heterocycles. The van der Waals surface area contributed by atoms with E-state index < -0.39 is 29.8 Å². The first kappa shape index (κ1) is 32.5. The monoisotopic (exact) mass is 626 g/mol. The molecular weight excluding hydrogens is 588 g/mol. The molecular formula is C35H38N4O7. The fourth-order valence-corrected chi connectivity index (χ4v) is 6.16. The molecule has 0 bridgehead atoms. The fraction of sp³-hybridized carbons (Fsp3) is 0.400. The lowest BCUT2D eigenvalue weighted by atomic mass is 9.82. The van der Waals surface area contributed by atoms with Crippen LogP contribution in [-0.4, -0.2) is 63.2 Å². The van der Waals surface area contributed by atoms with Crippen molar-refractivity contribution in [1.82, 2.24) is 20.4 Å². The predicted octanol–water partition coefficient (Wildman–Crippen LogP) is 3.76. The SMILES string of the molecule is C=C1CCC(N2C(=O)c3cccc(C(C)(C)C)c3C2=O)C(=O)N1.CC(C)(C)c1ccc2c(c1)C(=O)N(C1CCC(=O)NC1=O)C2=O. The minimum atomic E-state index is -0.918. The Morgan fingerprint density at radius 2 is 1.22 bits per heavy atom. The zero-order chi connectivity index (χ0) is 33.9. The van der Waals surface area contributed by atoms with Crippen LogP contribution in [0.4, 0.5) is 0 Å². The standard InChI is InChI=1S/C18H20N2O3.C17H18N2O4/c1-10-8-9-13(15(21)19-10)20-16(22)11-6-5-7-12(18(2,3)4)14(11)17(20)23;1-17(2,3)9-4-5-10-11(8-9)16(23)19(15(10)22)12-6-7-13(20)18-14(12)21/h5-7,13H,1,8-9H2,2-4H3,(H,19,21);4-5,8,12H,6-7H2,1-3H3,(H,18,20,21). The summed E-state index contributed by atoms with van der Waals surface area (Å²) in [6.07, 6.45) is 1.27. The molecule has 2 fully saturated rings. The maximum Gasteiger partial charge on any atom is 0.262 e. The summed E-state index contributed by atoms with van der Waals surface area (Å²) >= 11 is 0. The second-order valence-corrected chi connectivity index (χ2v) is 14.1. The number of allylic oxidation sites excluding steroid dienone is 1. The zero-order valence-corrected chi connectivity index (χ0v) is 26.9. The number of carbonyl (C=O) groups excluding carboxylic acids is 7. The summed E-state index contributed by atoms with van der Waals surface area (Å²) in [7, 11) is 0. The van der Waals surface area contributed by atoms with Gasteiger partial charge in [0.1, 0.15) is 12.1 Å². The van der Waals surface area contributed by atoms with E-state index in [0.29, 0.717) is 40.8 Å². The Bertz CT molecular complexity index is 1740. The number of hydrogen-bond donors (Lipinski definition) is 2. The molecule has 0 saturated carbocycles. The van der Waals surface area contributed by atoms with Crippen molar-refractivity contribution >= 4 is 41.4 Å². The van der Waals surface area contributed by atoms with Crippen molar-refractivity contribution in [1.29, 1.82) is 0 Å². The third-order valence-corrected chi connectivity index (χ3v) is 8.69. The Hall–Kier alpha value is -4.93. The van der Waals surface area contributed by atoms with Crippen LogP contribution in [0.1, 0.15) is 120 Å². The number of nitrogens with one attached hydrogen (secondary N) is 2. The highest BCUT2D eigenvalue weighted by molar-refractivity contribution is 6.24. The number of rotatable bonds is 2. The van der Waals surface area contributed by atoms with Crippen LogP contribution in [0.15, 0.2) is 48.7 Å². The van der Waals surface area contributed by atoms with Gasteiger partial charge in [0.05, 0.1) is 22.3 Å². The molecule has 6 rings (SSSR count). The van der Waals surface area contributed by atoms with Gasteiger partial charge in [0.25, 0.3) is 23.6 Å². The lowest BCUT2D eigenvalue weighted by molar-refractivity contribution is -0.136. The van der Waals surface area contributed by atoms with E-state index in [1.807, 2.05) is 53.7 Å². The van der Waals surface area contributed by atoms with Gasteiger partial charge in [-0.3, -0.25) is 48.7 Å². The lowest BCUT2D eigenvalue weighted by Crippen LogP contribution is -2.54. The van der Waals surface area contributed by atoms with Crippen LogP contribution < -0.4 is 10.6 Å². The average molecular weight is 627 g/mol. The summed E-state index contributed by atoms with van der Waals surface area (Å²) in [5.74, 6) is -3.00. The molecule has 4 heterocycles. The zero-order valence-electron chi connectivity index (χ0n) is 26.9. The number of benzene rings is 2. The van der Waals surface area contributed by atoms with Gasteiger partial charge in [-0.15, -0.1) is 0 Å². The first-order valence-electron chi connectivity index (χ1n) is 15.3. The van der Waals surface area contributed by atoms with Gasteiger partial charge in [0, 0.05) is 12.1 Å². The Balaban J connectivity index is 0.000000181. The van der Waals surface area contributed by atoms with E-state index in [1.54, 1.807) is 24.3 Å². The Kier molecular flexibility index (Phi) is 8.08. The lowest BCUT2D eigenvalue weighted by Gasteiger charge is -2.29. The van der Waals surface area contributed by atoms with Gasteiger partial charge >= 0.3 is 0 Å². The van der Waals surface area contributed by atoms with Crippen LogP contribution in [0.3, 0.4) is 0 Å². The molecule has 2 N–H and O–H groups in total. The third kappa shape index (κ3) is 5.65. The molecule has 46 heavy (non-hydrogen) atoms. The van der Waals surface area contributed by atoms with E-state index in [-0.39, 0.29) is 47.3 Å². The van der Waals surface area contributed by atoms with Crippen LogP contribution in [-0.2, 0) is 25.2 Å². The Morgan fingerprint density at radius 1 is 0.652 bits per heavy atom. The first-order valence-corrected chi connectivity index (χ1v) is 15.3. The number of fused-ring (bicyclic) bond motifs is 2. The highest BCUT2D eigenvalue weighted by Crippen LogP contribution is 2.36. The first-order chi connectivity index (χ1) is 21.4. The average Bonchev–Trinajstić information content (AvgIpc) is 3.37. The maximum atomic E-state index is 12.9. The molecule has 2 atom stereocenters. The Morgan fingerprint density at radius 3 is 1.80 bits per heavy atom. The van der Waals surface area contributed by atoms with Gasteiger partial charge < -0.3 is 5.32 Å². The number of carbonyl (C=O) groups is 7. The van der Waals surface area contributed by atoms with E-state index in [4.69, 9.17) is 0 Å². The topological polar surface area (TPSA) is 150 Å². The van der Waals surface area contributed by atoms with Crippen molar-refractivity contribution in [2.75, 3.05) is 0 Å². The van der Waals surface area contributed by atoms with Crippen molar-refractivity contribution in [3.05, 3.63) is 82.1 Å². The molecule has 0 aromatic heterocycles. The normalized spacial score (nSPS) is 21.5. The van der Waals surface area contributed by atoms with Gasteiger partial charge in [-0.25, -0.2) is 0 Å². The van der Waals surface area contributed by atoms with Crippen LogP contribution in [0.5, 0.6) is 0 Å². The third-order valence-electron chi connectivity index (χ3n) is 8.69. The van der Waals surface area contributed by atoms with Gasteiger partial charge in [-0.1, -0.05) is 66.3 Å². The van der Waals surface area contributed by atoms with Gasteiger partial charge in [0.15, 0.2) is 0 Å². The van der Waals surface area contributed by atoms with Crippen molar-refractivity contribution in [2.24, 2.45) is 0 Å².